The molecule has 2 aromatic rings. The van der Waals surface area contributed by atoms with Crippen molar-refractivity contribution in [1.82, 2.24) is 5.32 Å². The van der Waals surface area contributed by atoms with Crippen LogP contribution >= 0.6 is 23.2 Å². The fourth-order valence-electron chi connectivity index (χ4n) is 2.47. The van der Waals surface area contributed by atoms with Crippen LogP contribution in [0.1, 0.15) is 12.0 Å². The summed E-state index contributed by atoms with van der Waals surface area (Å²) in [5, 5.41) is 7.37. The van der Waals surface area contributed by atoms with E-state index in [0.717, 1.165) is 18.5 Å². The maximum absolute atomic E-state index is 12.0. The Balaban J connectivity index is 1.36. The van der Waals surface area contributed by atoms with Crippen molar-refractivity contribution in [1.29, 1.82) is 0 Å². The van der Waals surface area contributed by atoms with E-state index in [1.54, 1.807) is 24.3 Å². The summed E-state index contributed by atoms with van der Waals surface area (Å²) < 4.78 is 10.5. The molecule has 2 aromatic carbocycles. The van der Waals surface area contributed by atoms with Gasteiger partial charge in [-0.25, -0.2) is 0 Å². The number of carbonyl (C=O) groups is 1. The van der Waals surface area contributed by atoms with Crippen molar-refractivity contribution in [2.75, 3.05) is 25.2 Å². The molecule has 0 bridgehead atoms. The summed E-state index contributed by atoms with van der Waals surface area (Å²) in [5.41, 5.74) is 1.73. The third-order valence-corrected chi connectivity index (χ3v) is 4.36. The lowest BCUT2D eigenvalue weighted by atomic mass is 10.1. The third kappa shape index (κ3) is 5.01. The number of benzene rings is 2. The molecule has 0 saturated heterocycles. The fraction of sp³-hybridized carbons (Fsp3) is 0.278. The first kappa shape index (κ1) is 17.9. The predicted molar refractivity (Wildman–Crippen MR) is 98.8 cm³/mol. The number of halogens is 2. The van der Waals surface area contributed by atoms with E-state index in [2.05, 4.69) is 10.6 Å². The second kappa shape index (κ2) is 8.43. The van der Waals surface area contributed by atoms with Crippen LogP contribution in [0.25, 0.3) is 0 Å². The van der Waals surface area contributed by atoms with Crippen LogP contribution in [0.2, 0.25) is 10.0 Å². The summed E-state index contributed by atoms with van der Waals surface area (Å²) in [7, 11) is 0. The maximum atomic E-state index is 12.0. The molecule has 132 valence electrons. The average molecular weight is 381 g/mol. The van der Waals surface area contributed by atoms with Crippen molar-refractivity contribution in [2.45, 2.75) is 12.8 Å². The molecule has 0 aliphatic carbocycles. The van der Waals surface area contributed by atoms with E-state index in [9.17, 15) is 4.79 Å². The summed E-state index contributed by atoms with van der Waals surface area (Å²) >= 11 is 12.0. The molecule has 25 heavy (non-hydrogen) atoms. The molecule has 1 aliphatic rings. The van der Waals surface area contributed by atoms with Gasteiger partial charge in [0.25, 0.3) is 0 Å². The van der Waals surface area contributed by atoms with E-state index in [-0.39, 0.29) is 12.7 Å². The molecule has 2 N–H and O–H groups in total. The minimum atomic E-state index is -0.0594. The lowest BCUT2D eigenvalue weighted by Crippen LogP contribution is -2.23. The third-order valence-electron chi connectivity index (χ3n) is 3.77. The van der Waals surface area contributed by atoms with Crippen molar-refractivity contribution < 1.29 is 14.3 Å². The summed E-state index contributed by atoms with van der Waals surface area (Å²) in [5.74, 6) is 1.28. The van der Waals surface area contributed by atoms with Crippen LogP contribution in [0.4, 0.5) is 5.69 Å². The van der Waals surface area contributed by atoms with E-state index in [0.29, 0.717) is 40.2 Å². The zero-order valence-electron chi connectivity index (χ0n) is 13.5. The van der Waals surface area contributed by atoms with Crippen molar-refractivity contribution in [2.24, 2.45) is 0 Å². The number of nitrogens with one attached hydrogen (secondary N) is 2. The summed E-state index contributed by atoms with van der Waals surface area (Å²) in [6.45, 7) is 1.54. The molecule has 0 saturated carbocycles. The van der Waals surface area contributed by atoms with Crippen LogP contribution in [0.3, 0.4) is 0 Å². The minimum absolute atomic E-state index is 0.0594. The van der Waals surface area contributed by atoms with Crippen molar-refractivity contribution in [3.05, 3.63) is 52.0 Å². The predicted octanol–water partition coefficient (Wildman–Crippen LogP) is 3.88. The molecule has 7 heteroatoms. The number of hydrogen-bond donors (Lipinski definition) is 2. The molecule has 0 atom stereocenters. The maximum Gasteiger partial charge on any atom is 0.231 e. The van der Waals surface area contributed by atoms with Gasteiger partial charge in [0.15, 0.2) is 11.5 Å². The fourth-order valence-corrected chi connectivity index (χ4v) is 2.98. The van der Waals surface area contributed by atoms with Gasteiger partial charge in [0.2, 0.25) is 12.7 Å². The highest BCUT2D eigenvalue weighted by molar-refractivity contribution is 6.35. The first-order chi connectivity index (χ1) is 12.1. The Morgan fingerprint density at radius 2 is 1.88 bits per heavy atom. The van der Waals surface area contributed by atoms with Gasteiger partial charge >= 0.3 is 0 Å². The standard InChI is InChI=1S/C18H18Cl2N2O3/c19-13-2-1-12(15(20)9-13)5-7-21-8-6-18(23)22-14-3-4-16-17(10-14)25-11-24-16/h1-4,9-10,21H,5-8,11H2,(H,22,23). The zero-order chi connectivity index (χ0) is 17.6. The highest BCUT2D eigenvalue weighted by Gasteiger charge is 2.14. The Hall–Kier alpha value is -1.95. The normalized spacial score (nSPS) is 12.2. The quantitative estimate of drug-likeness (QED) is 0.715. The van der Waals surface area contributed by atoms with E-state index >= 15 is 0 Å². The molecule has 0 radical (unpaired) electrons. The topological polar surface area (TPSA) is 59.6 Å². The monoisotopic (exact) mass is 380 g/mol. The number of fused-ring (bicyclic) bond motifs is 1. The Morgan fingerprint density at radius 3 is 2.72 bits per heavy atom. The lowest BCUT2D eigenvalue weighted by Gasteiger charge is -2.08. The first-order valence-electron chi connectivity index (χ1n) is 7.96. The lowest BCUT2D eigenvalue weighted by molar-refractivity contribution is -0.116. The molecule has 1 heterocycles. The zero-order valence-corrected chi connectivity index (χ0v) is 15.0. The van der Waals surface area contributed by atoms with Crippen LogP contribution in [0, 0.1) is 0 Å². The van der Waals surface area contributed by atoms with Crippen molar-refractivity contribution >= 4 is 34.8 Å². The van der Waals surface area contributed by atoms with Gasteiger partial charge in [0, 0.05) is 34.8 Å². The van der Waals surface area contributed by atoms with Crippen LogP contribution in [0.15, 0.2) is 36.4 Å². The van der Waals surface area contributed by atoms with E-state index < -0.39 is 0 Å². The smallest absolute Gasteiger partial charge is 0.231 e. The first-order valence-corrected chi connectivity index (χ1v) is 8.71. The van der Waals surface area contributed by atoms with Gasteiger partial charge < -0.3 is 20.1 Å². The molecule has 0 fully saturated rings. The molecule has 3 rings (SSSR count). The van der Waals surface area contributed by atoms with Gasteiger partial charge in [0.1, 0.15) is 0 Å². The van der Waals surface area contributed by atoms with E-state index in [4.69, 9.17) is 32.7 Å². The van der Waals surface area contributed by atoms with Crippen LogP contribution < -0.4 is 20.1 Å². The largest absolute Gasteiger partial charge is 0.454 e. The number of amides is 1. The summed E-state index contributed by atoms with van der Waals surface area (Å²) in [4.78, 5) is 12.0. The van der Waals surface area contributed by atoms with Gasteiger partial charge in [-0.3, -0.25) is 4.79 Å². The Labute approximate surface area is 156 Å². The highest BCUT2D eigenvalue weighted by atomic mass is 35.5. The Kier molecular flexibility index (Phi) is 6.02. The molecule has 1 amide bonds. The van der Waals surface area contributed by atoms with Gasteiger partial charge in [-0.05, 0) is 42.8 Å². The summed E-state index contributed by atoms with van der Waals surface area (Å²) in [6.07, 6.45) is 1.16. The van der Waals surface area contributed by atoms with Crippen LogP contribution in [-0.2, 0) is 11.2 Å². The Morgan fingerprint density at radius 1 is 1.04 bits per heavy atom. The Bertz CT molecular complexity index is 768. The number of carbonyl (C=O) groups excluding carboxylic acids is 1. The SMILES string of the molecule is O=C(CCNCCc1ccc(Cl)cc1Cl)Nc1ccc2c(c1)OCO2. The van der Waals surface area contributed by atoms with Crippen LogP contribution in [-0.4, -0.2) is 25.8 Å². The second-order valence-electron chi connectivity index (χ2n) is 5.60. The van der Waals surface area contributed by atoms with Crippen molar-refractivity contribution in [3.63, 3.8) is 0 Å². The van der Waals surface area contributed by atoms with Gasteiger partial charge in [0.05, 0.1) is 0 Å². The molecule has 0 aromatic heterocycles. The number of hydrogen-bond acceptors (Lipinski definition) is 4. The van der Waals surface area contributed by atoms with Gasteiger partial charge in [-0.15, -0.1) is 0 Å². The minimum Gasteiger partial charge on any atom is -0.454 e. The van der Waals surface area contributed by atoms with Crippen LogP contribution in [0.5, 0.6) is 11.5 Å². The number of rotatable bonds is 7. The molecule has 0 unspecified atom stereocenters. The van der Waals surface area contributed by atoms with Gasteiger partial charge in [-0.1, -0.05) is 29.3 Å². The highest BCUT2D eigenvalue weighted by Crippen LogP contribution is 2.34. The molecular formula is C18H18Cl2N2O3. The summed E-state index contributed by atoms with van der Waals surface area (Å²) in [6, 6.07) is 10.8. The average Bonchev–Trinajstić information content (AvgIpc) is 3.04. The number of anilines is 1. The molecular weight excluding hydrogens is 363 g/mol. The molecule has 0 spiro atoms. The van der Waals surface area contributed by atoms with Crippen molar-refractivity contribution in [3.8, 4) is 11.5 Å². The van der Waals surface area contributed by atoms with Gasteiger partial charge in [-0.2, -0.15) is 0 Å². The number of ether oxygens (including phenoxy) is 2. The van der Waals surface area contributed by atoms with E-state index in [1.807, 2.05) is 12.1 Å². The van der Waals surface area contributed by atoms with E-state index in [1.165, 1.54) is 0 Å². The molecule has 5 nitrogen and oxygen atoms in total. The second-order valence-corrected chi connectivity index (χ2v) is 6.45. The molecule has 1 aliphatic heterocycles.